The van der Waals surface area contributed by atoms with E-state index in [1.807, 2.05) is 66.7 Å². The van der Waals surface area contributed by atoms with Gasteiger partial charge in [-0.1, -0.05) is 60.7 Å². The van der Waals surface area contributed by atoms with Gasteiger partial charge in [-0.25, -0.2) is 4.79 Å². The Labute approximate surface area is 156 Å². The Kier molecular flexibility index (Phi) is 4.54. The Balaban J connectivity index is 1.42. The lowest BCUT2D eigenvalue weighted by molar-refractivity contribution is 0.0475. The van der Waals surface area contributed by atoms with Crippen LogP contribution in [0.15, 0.2) is 85.1 Å². The third-order valence-corrected chi connectivity index (χ3v) is 4.45. The molecule has 4 nitrogen and oxygen atoms in total. The third kappa shape index (κ3) is 3.51. The topological polar surface area (TPSA) is 59.2 Å². The molecule has 1 aromatic heterocycles. The lowest BCUT2D eigenvalue weighted by atomic mass is 10.0. The number of rotatable bonds is 5. The number of nitrogens with one attached hydrogen (secondary N) is 1. The summed E-state index contributed by atoms with van der Waals surface area (Å²) in [6.07, 6.45) is 1.65. The van der Waals surface area contributed by atoms with Gasteiger partial charge in [-0.05, 0) is 29.3 Å². The predicted molar refractivity (Wildman–Crippen MR) is 105 cm³/mol. The van der Waals surface area contributed by atoms with Crippen molar-refractivity contribution in [3.63, 3.8) is 0 Å². The SMILES string of the molecule is O=C(OCC(=O)c1c[nH]c2ccccc12)c1ccc(-c2ccccc2)cc1. The smallest absolute Gasteiger partial charge is 0.338 e. The molecule has 4 aromatic rings. The zero-order valence-corrected chi connectivity index (χ0v) is 14.5. The molecule has 3 aromatic carbocycles. The lowest BCUT2D eigenvalue weighted by Gasteiger charge is -2.06. The number of aromatic nitrogens is 1. The number of hydrogen-bond acceptors (Lipinski definition) is 3. The van der Waals surface area contributed by atoms with Gasteiger partial charge in [-0.3, -0.25) is 4.79 Å². The number of aromatic amines is 1. The second kappa shape index (κ2) is 7.30. The average Bonchev–Trinajstić information content (AvgIpc) is 3.17. The van der Waals surface area contributed by atoms with E-state index < -0.39 is 5.97 Å². The van der Waals surface area contributed by atoms with E-state index in [-0.39, 0.29) is 12.4 Å². The summed E-state index contributed by atoms with van der Waals surface area (Å²) in [6.45, 7) is -0.291. The van der Waals surface area contributed by atoms with E-state index in [1.54, 1.807) is 18.3 Å². The molecular weight excluding hydrogens is 338 g/mol. The van der Waals surface area contributed by atoms with Gasteiger partial charge >= 0.3 is 5.97 Å². The zero-order valence-electron chi connectivity index (χ0n) is 14.5. The molecule has 0 fully saturated rings. The van der Waals surface area contributed by atoms with Crippen molar-refractivity contribution >= 4 is 22.7 Å². The standard InChI is InChI=1S/C23H17NO3/c25-22(20-14-24-21-9-5-4-8-19(20)21)15-27-23(26)18-12-10-17(11-13-18)16-6-2-1-3-7-16/h1-14,24H,15H2. The molecule has 0 spiro atoms. The van der Waals surface area contributed by atoms with Crippen molar-refractivity contribution in [2.24, 2.45) is 0 Å². The van der Waals surface area contributed by atoms with Gasteiger partial charge in [-0.15, -0.1) is 0 Å². The summed E-state index contributed by atoms with van der Waals surface area (Å²) in [5.41, 5.74) is 3.91. The molecule has 1 heterocycles. The first kappa shape index (κ1) is 16.8. The number of carbonyl (C=O) groups is 2. The molecule has 4 rings (SSSR count). The summed E-state index contributed by atoms with van der Waals surface area (Å²) in [6, 6.07) is 24.6. The maximum Gasteiger partial charge on any atom is 0.338 e. The van der Waals surface area contributed by atoms with Gasteiger partial charge in [-0.2, -0.15) is 0 Å². The fourth-order valence-electron chi connectivity index (χ4n) is 3.02. The zero-order chi connectivity index (χ0) is 18.6. The number of Topliss-reactive ketones (excluding diaryl/α,β-unsaturated/α-hetero) is 1. The Bertz CT molecular complexity index is 1100. The van der Waals surface area contributed by atoms with Crippen LogP contribution in [0.25, 0.3) is 22.0 Å². The van der Waals surface area contributed by atoms with Crippen molar-refractivity contribution in [2.75, 3.05) is 6.61 Å². The molecule has 1 N–H and O–H groups in total. The minimum absolute atomic E-state index is 0.235. The number of ether oxygens (including phenoxy) is 1. The van der Waals surface area contributed by atoms with E-state index >= 15 is 0 Å². The number of esters is 1. The molecule has 0 aliphatic carbocycles. The summed E-state index contributed by atoms with van der Waals surface area (Å²) in [4.78, 5) is 27.7. The molecule has 0 saturated carbocycles. The molecule has 0 unspecified atom stereocenters. The molecule has 0 saturated heterocycles. The number of carbonyl (C=O) groups excluding carboxylic acids is 2. The molecule has 0 bridgehead atoms. The Morgan fingerprint density at radius 3 is 2.22 bits per heavy atom. The maximum atomic E-state index is 12.4. The summed E-state index contributed by atoms with van der Waals surface area (Å²) >= 11 is 0. The van der Waals surface area contributed by atoms with Crippen LogP contribution in [0.2, 0.25) is 0 Å². The van der Waals surface area contributed by atoms with E-state index in [2.05, 4.69) is 4.98 Å². The number of H-pyrrole nitrogens is 1. The first-order valence-corrected chi connectivity index (χ1v) is 8.64. The number of ketones is 1. The maximum absolute atomic E-state index is 12.4. The number of para-hydroxylation sites is 1. The van der Waals surface area contributed by atoms with Gasteiger partial charge in [0, 0.05) is 22.7 Å². The molecule has 27 heavy (non-hydrogen) atoms. The van der Waals surface area contributed by atoms with Gasteiger partial charge in [0.05, 0.1) is 5.56 Å². The Morgan fingerprint density at radius 1 is 0.778 bits per heavy atom. The lowest BCUT2D eigenvalue weighted by Crippen LogP contribution is -2.14. The fraction of sp³-hybridized carbons (Fsp3) is 0.0435. The van der Waals surface area contributed by atoms with Crippen molar-refractivity contribution < 1.29 is 14.3 Å². The van der Waals surface area contributed by atoms with Gasteiger partial charge in [0.15, 0.2) is 6.61 Å². The highest BCUT2D eigenvalue weighted by atomic mass is 16.5. The molecule has 0 aliphatic rings. The summed E-state index contributed by atoms with van der Waals surface area (Å²) in [5.74, 6) is -0.746. The highest BCUT2D eigenvalue weighted by molar-refractivity contribution is 6.09. The van der Waals surface area contributed by atoms with E-state index in [4.69, 9.17) is 4.74 Å². The van der Waals surface area contributed by atoms with Crippen molar-refractivity contribution in [2.45, 2.75) is 0 Å². The Morgan fingerprint density at radius 2 is 1.44 bits per heavy atom. The summed E-state index contributed by atoms with van der Waals surface area (Å²) < 4.78 is 5.21. The number of hydrogen-bond donors (Lipinski definition) is 1. The average molecular weight is 355 g/mol. The molecule has 4 heteroatoms. The highest BCUT2D eigenvalue weighted by Crippen LogP contribution is 2.20. The highest BCUT2D eigenvalue weighted by Gasteiger charge is 2.15. The molecule has 0 aliphatic heterocycles. The van der Waals surface area contributed by atoms with E-state index in [0.29, 0.717) is 11.1 Å². The first-order chi connectivity index (χ1) is 13.2. The molecule has 132 valence electrons. The minimum atomic E-state index is -0.511. The van der Waals surface area contributed by atoms with Crippen molar-refractivity contribution in [3.8, 4) is 11.1 Å². The van der Waals surface area contributed by atoms with E-state index in [9.17, 15) is 9.59 Å². The van der Waals surface area contributed by atoms with Crippen LogP contribution in [-0.4, -0.2) is 23.3 Å². The predicted octanol–water partition coefficient (Wildman–Crippen LogP) is 4.87. The second-order valence-electron chi connectivity index (χ2n) is 6.19. The van der Waals surface area contributed by atoms with Gasteiger partial charge in [0.1, 0.15) is 0 Å². The monoisotopic (exact) mass is 355 g/mol. The first-order valence-electron chi connectivity index (χ1n) is 8.64. The summed E-state index contributed by atoms with van der Waals surface area (Å²) in [5, 5.41) is 0.825. The van der Waals surface area contributed by atoms with Crippen LogP contribution in [0.5, 0.6) is 0 Å². The summed E-state index contributed by atoms with van der Waals surface area (Å²) in [7, 11) is 0. The molecule has 0 atom stereocenters. The molecule has 0 amide bonds. The van der Waals surface area contributed by atoms with Gasteiger partial charge < -0.3 is 9.72 Å². The van der Waals surface area contributed by atoms with Crippen LogP contribution in [0.3, 0.4) is 0 Å². The van der Waals surface area contributed by atoms with Crippen LogP contribution in [0.1, 0.15) is 20.7 Å². The van der Waals surface area contributed by atoms with Gasteiger partial charge in [0.2, 0.25) is 5.78 Å². The van der Waals surface area contributed by atoms with Crippen LogP contribution < -0.4 is 0 Å². The van der Waals surface area contributed by atoms with Crippen molar-refractivity contribution in [1.29, 1.82) is 0 Å². The van der Waals surface area contributed by atoms with E-state index in [1.165, 1.54) is 0 Å². The number of benzene rings is 3. The number of fused-ring (bicyclic) bond motifs is 1. The third-order valence-electron chi connectivity index (χ3n) is 4.45. The van der Waals surface area contributed by atoms with Crippen LogP contribution in [0.4, 0.5) is 0 Å². The minimum Gasteiger partial charge on any atom is -0.454 e. The van der Waals surface area contributed by atoms with Gasteiger partial charge in [0.25, 0.3) is 0 Å². The van der Waals surface area contributed by atoms with Crippen LogP contribution >= 0.6 is 0 Å². The van der Waals surface area contributed by atoms with Crippen molar-refractivity contribution in [3.05, 3.63) is 96.2 Å². The Hall–Kier alpha value is -3.66. The second-order valence-corrected chi connectivity index (χ2v) is 6.19. The van der Waals surface area contributed by atoms with Crippen molar-refractivity contribution in [1.82, 2.24) is 4.98 Å². The largest absolute Gasteiger partial charge is 0.454 e. The normalized spacial score (nSPS) is 10.7. The fourth-order valence-corrected chi connectivity index (χ4v) is 3.02. The molecule has 0 radical (unpaired) electrons. The van der Waals surface area contributed by atoms with Crippen LogP contribution in [0, 0.1) is 0 Å². The van der Waals surface area contributed by atoms with Crippen LogP contribution in [-0.2, 0) is 4.74 Å². The molecular formula is C23H17NO3. The quantitative estimate of drug-likeness (QED) is 0.410. The van der Waals surface area contributed by atoms with E-state index in [0.717, 1.165) is 22.0 Å².